The summed E-state index contributed by atoms with van der Waals surface area (Å²) in [6.07, 6.45) is 3.13. The van der Waals surface area contributed by atoms with Crippen LogP contribution < -0.4 is 10.2 Å². The van der Waals surface area contributed by atoms with Crippen molar-refractivity contribution in [2.75, 3.05) is 7.11 Å². The second-order valence-corrected chi connectivity index (χ2v) is 5.99. The van der Waals surface area contributed by atoms with Crippen molar-refractivity contribution in [1.29, 1.82) is 0 Å². The smallest absolute Gasteiger partial charge is 0.283 e. The number of methoxy groups -OCH3 is 1. The van der Waals surface area contributed by atoms with Gasteiger partial charge in [-0.3, -0.25) is 9.78 Å². The molecule has 116 valence electrons. The van der Waals surface area contributed by atoms with Crippen molar-refractivity contribution < 1.29 is 9.53 Å². The van der Waals surface area contributed by atoms with Crippen LogP contribution in [0.5, 0.6) is 5.75 Å². The summed E-state index contributed by atoms with van der Waals surface area (Å²) in [7, 11) is 1.59. The van der Waals surface area contributed by atoms with Crippen LogP contribution in [0.1, 0.15) is 15.4 Å². The minimum Gasteiger partial charge on any atom is -0.497 e. The number of aromatic nitrogens is 1. The van der Waals surface area contributed by atoms with Gasteiger partial charge in [-0.05, 0) is 30.3 Å². The van der Waals surface area contributed by atoms with Gasteiger partial charge in [-0.2, -0.15) is 5.10 Å². The molecule has 1 aromatic carbocycles. The van der Waals surface area contributed by atoms with Crippen LogP contribution in [0.3, 0.4) is 0 Å². The van der Waals surface area contributed by atoms with E-state index in [-0.39, 0.29) is 5.91 Å². The van der Waals surface area contributed by atoms with E-state index >= 15 is 0 Å². The zero-order chi connectivity index (χ0) is 16.2. The first-order valence-corrected chi connectivity index (χ1v) is 7.89. The van der Waals surface area contributed by atoms with Gasteiger partial charge in [0.1, 0.15) is 10.6 Å². The summed E-state index contributed by atoms with van der Waals surface area (Å²) >= 11 is 7.58. The fraction of sp³-hybridized carbons (Fsp3) is 0.0625. The molecular weight excluding hydrogens is 334 g/mol. The molecule has 0 bridgehead atoms. The number of benzene rings is 1. The van der Waals surface area contributed by atoms with Crippen LogP contribution in [0.15, 0.2) is 47.7 Å². The normalized spacial score (nSPS) is 11.0. The van der Waals surface area contributed by atoms with Gasteiger partial charge in [0.15, 0.2) is 0 Å². The second kappa shape index (κ2) is 6.76. The monoisotopic (exact) mass is 345 g/mol. The Hall–Kier alpha value is -2.44. The third-order valence-corrected chi connectivity index (χ3v) is 4.75. The van der Waals surface area contributed by atoms with E-state index in [0.29, 0.717) is 15.6 Å². The summed E-state index contributed by atoms with van der Waals surface area (Å²) in [6.45, 7) is 0. The van der Waals surface area contributed by atoms with Crippen LogP contribution in [-0.2, 0) is 0 Å². The number of carbonyl (C=O) groups excluding carboxylic acids is 1. The first-order chi connectivity index (χ1) is 11.2. The third-order valence-electron chi connectivity index (χ3n) is 3.09. The van der Waals surface area contributed by atoms with Crippen LogP contribution in [0.4, 0.5) is 0 Å². The van der Waals surface area contributed by atoms with Gasteiger partial charge in [0.05, 0.1) is 24.0 Å². The molecule has 5 nitrogen and oxygen atoms in total. The summed E-state index contributed by atoms with van der Waals surface area (Å²) in [5.74, 6) is 0.359. The number of thiophene rings is 1. The molecule has 0 saturated carbocycles. The van der Waals surface area contributed by atoms with Crippen LogP contribution in [0.25, 0.3) is 10.1 Å². The van der Waals surface area contributed by atoms with Gasteiger partial charge in [0.2, 0.25) is 0 Å². The molecule has 0 radical (unpaired) electrons. The molecule has 3 rings (SSSR count). The van der Waals surface area contributed by atoms with Crippen molar-refractivity contribution in [2.24, 2.45) is 5.10 Å². The molecule has 7 heteroatoms. The zero-order valence-corrected chi connectivity index (χ0v) is 13.7. The molecule has 0 spiro atoms. The Morgan fingerprint density at radius 3 is 3.00 bits per heavy atom. The first-order valence-electron chi connectivity index (χ1n) is 6.69. The Kier molecular flexibility index (Phi) is 4.55. The molecule has 2 aromatic heterocycles. The molecule has 0 aliphatic carbocycles. The van der Waals surface area contributed by atoms with E-state index in [2.05, 4.69) is 15.5 Å². The Labute approximate surface area is 141 Å². The maximum atomic E-state index is 12.2. The number of hydrogen-bond donors (Lipinski definition) is 1. The summed E-state index contributed by atoms with van der Waals surface area (Å²) in [5.41, 5.74) is 3.12. The van der Waals surface area contributed by atoms with Crippen molar-refractivity contribution in [3.05, 3.63) is 58.2 Å². The van der Waals surface area contributed by atoms with E-state index in [1.807, 2.05) is 24.3 Å². The molecule has 0 unspecified atom stereocenters. The molecule has 0 aliphatic heterocycles. The van der Waals surface area contributed by atoms with Gasteiger partial charge in [-0.1, -0.05) is 17.7 Å². The third kappa shape index (κ3) is 3.33. The number of pyridine rings is 1. The van der Waals surface area contributed by atoms with Gasteiger partial charge in [0.25, 0.3) is 5.91 Å². The summed E-state index contributed by atoms with van der Waals surface area (Å²) in [4.78, 5) is 16.7. The maximum absolute atomic E-state index is 12.2. The molecule has 0 saturated heterocycles. The maximum Gasteiger partial charge on any atom is 0.283 e. The SMILES string of the molecule is COc1ccc2c(Cl)c(C(=O)N/N=C\c3ccccn3)sc2c1. The quantitative estimate of drug-likeness (QED) is 0.579. The lowest BCUT2D eigenvalue weighted by molar-refractivity contribution is 0.0959. The molecule has 0 fully saturated rings. The van der Waals surface area contributed by atoms with Crippen molar-refractivity contribution >= 4 is 45.1 Å². The number of carbonyl (C=O) groups is 1. The number of hydrazone groups is 1. The van der Waals surface area contributed by atoms with E-state index in [0.717, 1.165) is 15.8 Å². The van der Waals surface area contributed by atoms with Crippen LogP contribution in [-0.4, -0.2) is 24.2 Å². The van der Waals surface area contributed by atoms with E-state index < -0.39 is 0 Å². The minimum atomic E-state index is -0.359. The van der Waals surface area contributed by atoms with E-state index in [1.54, 1.807) is 25.4 Å². The average molecular weight is 346 g/mol. The van der Waals surface area contributed by atoms with Gasteiger partial charge >= 0.3 is 0 Å². The molecule has 23 heavy (non-hydrogen) atoms. The number of amides is 1. The predicted molar refractivity (Wildman–Crippen MR) is 92.7 cm³/mol. The van der Waals surface area contributed by atoms with Crippen molar-refractivity contribution in [3.8, 4) is 5.75 Å². The van der Waals surface area contributed by atoms with E-state index in [4.69, 9.17) is 16.3 Å². The molecule has 3 aromatic rings. The predicted octanol–water partition coefficient (Wildman–Crippen LogP) is 3.72. The average Bonchev–Trinajstić information content (AvgIpc) is 2.92. The minimum absolute atomic E-state index is 0.359. The van der Waals surface area contributed by atoms with Crippen LogP contribution >= 0.6 is 22.9 Å². The van der Waals surface area contributed by atoms with Crippen LogP contribution in [0.2, 0.25) is 5.02 Å². The topological polar surface area (TPSA) is 63.6 Å². The zero-order valence-electron chi connectivity index (χ0n) is 12.1. The Morgan fingerprint density at radius 2 is 2.26 bits per heavy atom. The number of nitrogens with one attached hydrogen (secondary N) is 1. The molecular formula is C16H12ClN3O2S. The number of rotatable bonds is 4. The first kappa shape index (κ1) is 15.5. The highest BCUT2D eigenvalue weighted by Crippen LogP contribution is 2.37. The van der Waals surface area contributed by atoms with Gasteiger partial charge in [-0.25, -0.2) is 5.43 Å². The lowest BCUT2D eigenvalue weighted by atomic mass is 10.2. The second-order valence-electron chi connectivity index (χ2n) is 4.56. The molecule has 1 N–H and O–H groups in total. The number of hydrogen-bond acceptors (Lipinski definition) is 5. The number of fused-ring (bicyclic) bond motifs is 1. The number of nitrogens with zero attached hydrogens (tertiary/aromatic N) is 2. The van der Waals surface area contributed by atoms with E-state index in [9.17, 15) is 4.79 Å². The molecule has 1 amide bonds. The van der Waals surface area contributed by atoms with Crippen LogP contribution in [0, 0.1) is 0 Å². The summed E-state index contributed by atoms with van der Waals surface area (Å²) < 4.78 is 6.06. The van der Waals surface area contributed by atoms with Crippen molar-refractivity contribution in [2.45, 2.75) is 0 Å². The molecule has 0 aliphatic rings. The standard InChI is InChI=1S/C16H12ClN3O2S/c1-22-11-5-6-12-13(8-11)23-15(14(12)17)16(21)20-19-9-10-4-2-3-7-18-10/h2-9H,1H3,(H,20,21)/b19-9-. The Morgan fingerprint density at radius 1 is 1.39 bits per heavy atom. The van der Waals surface area contributed by atoms with Crippen molar-refractivity contribution in [1.82, 2.24) is 10.4 Å². The highest BCUT2D eigenvalue weighted by molar-refractivity contribution is 7.21. The Balaban J connectivity index is 1.81. The van der Waals surface area contributed by atoms with Gasteiger partial charge in [0, 0.05) is 16.3 Å². The molecule has 0 atom stereocenters. The summed E-state index contributed by atoms with van der Waals surface area (Å²) in [5, 5.41) is 5.13. The van der Waals surface area contributed by atoms with Crippen molar-refractivity contribution in [3.63, 3.8) is 0 Å². The lowest BCUT2D eigenvalue weighted by Crippen LogP contribution is -2.16. The van der Waals surface area contributed by atoms with E-state index in [1.165, 1.54) is 17.6 Å². The summed E-state index contributed by atoms with van der Waals surface area (Å²) in [6, 6.07) is 10.9. The van der Waals surface area contributed by atoms with Gasteiger partial charge < -0.3 is 4.74 Å². The fourth-order valence-corrected chi connectivity index (χ4v) is 3.41. The number of halogens is 1. The molecule has 2 heterocycles. The highest BCUT2D eigenvalue weighted by Gasteiger charge is 2.17. The van der Waals surface area contributed by atoms with Gasteiger partial charge in [-0.15, -0.1) is 11.3 Å². The Bertz CT molecular complexity index is 878. The lowest BCUT2D eigenvalue weighted by Gasteiger charge is -1.98. The fourth-order valence-electron chi connectivity index (χ4n) is 1.98. The number of ether oxygens (including phenoxy) is 1. The largest absolute Gasteiger partial charge is 0.497 e. The highest BCUT2D eigenvalue weighted by atomic mass is 35.5.